The summed E-state index contributed by atoms with van der Waals surface area (Å²) in [6.45, 7) is 2.91. The largest absolute Gasteiger partial charge is 0.495 e. The standard InChI is InChI=1S/C22H26N4O3.ClH/c1-29-20-8-7-16(11-19(20)26-10-9-24-22(26)28)21(27)25-13-17(12-23)18(14-25)15-5-3-2-4-6-15;/h2-8,11,17-18H,9-10,12-14,23H2,1H3,(H,24,28);1H/t17-,18+;/m1./s1. The van der Waals surface area contributed by atoms with Crippen LogP contribution in [0.5, 0.6) is 5.75 Å². The molecule has 2 heterocycles. The van der Waals surface area contributed by atoms with E-state index in [2.05, 4.69) is 17.4 Å². The van der Waals surface area contributed by atoms with E-state index in [4.69, 9.17) is 10.5 Å². The molecule has 0 saturated carbocycles. The predicted molar refractivity (Wildman–Crippen MR) is 119 cm³/mol. The average Bonchev–Trinajstić information content (AvgIpc) is 3.39. The van der Waals surface area contributed by atoms with Crippen LogP contribution in [0, 0.1) is 5.92 Å². The quantitative estimate of drug-likeness (QED) is 0.762. The number of ether oxygens (including phenoxy) is 1. The summed E-state index contributed by atoms with van der Waals surface area (Å²) in [5, 5.41) is 2.78. The summed E-state index contributed by atoms with van der Waals surface area (Å²) in [7, 11) is 1.56. The van der Waals surface area contributed by atoms with Gasteiger partial charge in [0.2, 0.25) is 0 Å². The molecule has 2 atom stereocenters. The fraction of sp³-hybridized carbons (Fsp3) is 0.364. The third kappa shape index (κ3) is 4.08. The monoisotopic (exact) mass is 430 g/mol. The van der Waals surface area contributed by atoms with E-state index >= 15 is 0 Å². The summed E-state index contributed by atoms with van der Waals surface area (Å²) in [6, 6.07) is 15.3. The molecule has 2 aliphatic heterocycles. The second-order valence-electron chi connectivity index (χ2n) is 7.49. The summed E-state index contributed by atoms with van der Waals surface area (Å²) < 4.78 is 5.41. The van der Waals surface area contributed by atoms with Gasteiger partial charge in [-0.1, -0.05) is 30.3 Å². The van der Waals surface area contributed by atoms with E-state index in [1.807, 2.05) is 23.1 Å². The summed E-state index contributed by atoms with van der Waals surface area (Å²) in [6.07, 6.45) is 0. The highest BCUT2D eigenvalue weighted by molar-refractivity contribution is 6.00. The maximum atomic E-state index is 13.3. The van der Waals surface area contributed by atoms with Gasteiger partial charge in [-0.3, -0.25) is 9.69 Å². The highest BCUT2D eigenvalue weighted by Gasteiger charge is 2.36. The molecule has 30 heavy (non-hydrogen) atoms. The Morgan fingerprint density at radius 1 is 1.20 bits per heavy atom. The van der Waals surface area contributed by atoms with Crippen LogP contribution >= 0.6 is 12.4 Å². The van der Waals surface area contributed by atoms with Crippen molar-refractivity contribution < 1.29 is 14.3 Å². The molecular weight excluding hydrogens is 404 g/mol. The van der Waals surface area contributed by atoms with Gasteiger partial charge in [-0.2, -0.15) is 0 Å². The highest BCUT2D eigenvalue weighted by Crippen LogP contribution is 2.35. The van der Waals surface area contributed by atoms with E-state index in [1.165, 1.54) is 5.56 Å². The Labute approximate surface area is 182 Å². The lowest BCUT2D eigenvalue weighted by atomic mass is 9.89. The van der Waals surface area contributed by atoms with Gasteiger partial charge in [-0.05, 0) is 36.2 Å². The number of rotatable bonds is 5. The molecule has 4 rings (SSSR count). The Bertz CT molecular complexity index is 909. The number of nitrogens with two attached hydrogens (primary N) is 1. The lowest BCUT2D eigenvalue weighted by molar-refractivity contribution is 0.0786. The number of anilines is 1. The Hall–Kier alpha value is -2.77. The number of benzene rings is 2. The maximum Gasteiger partial charge on any atom is 0.322 e. The number of halogens is 1. The van der Waals surface area contributed by atoms with Crippen LogP contribution in [0.2, 0.25) is 0 Å². The van der Waals surface area contributed by atoms with Gasteiger partial charge in [0.05, 0.1) is 12.8 Å². The van der Waals surface area contributed by atoms with E-state index in [9.17, 15) is 9.59 Å². The van der Waals surface area contributed by atoms with E-state index in [0.717, 1.165) is 0 Å². The number of urea groups is 1. The molecule has 0 aromatic heterocycles. The predicted octanol–water partition coefficient (Wildman–Crippen LogP) is 2.46. The van der Waals surface area contributed by atoms with Gasteiger partial charge in [0, 0.05) is 37.7 Å². The van der Waals surface area contributed by atoms with Crippen LogP contribution in [-0.4, -0.2) is 56.7 Å². The van der Waals surface area contributed by atoms with Crippen LogP contribution in [0.4, 0.5) is 10.5 Å². The van der Waals surface area contributed by atoms with Crippen LogP contribution in [0.3, 0.4) is 0 Å². The van der Waals surface area contributed by atoms with E-state index in [0.29, 0.717) is 49.7 Å². The molecule has 3 N–H and O–H groups in total. The Morgan fingerprint density at radius 3 is 2.60 bits per heavy atom. The van der Waals surface area contributed by atoms with Crippen LogP contribution in [0.1, 0.15) is 21.8 Å². The minimum atomic E-state index is -0.179. The second kappa shape index (κ2) is 9.36. The van der Waals surface area contributed by atoms with Gasteiger partial charge < -0.3 is 20.7 Å². The number of hydrogen-bond acceptors (Lipinski definition) is 4. The molecule has 3 amide bonds. The zero-order chi connectivity index (χ0) is 20.4. The van der Waals surface area contributed by atoms with Crippen molar-refractivity contribution in [1.82, 2.24) is 10.2 Å². The zero-order valence-corrected chi connectivity index (χ0v) is 17.7. The molecule has 0 bridgehead atoms. The molecule has 2 fully saturated rings. The first-order chi connectivity index (χ1) is 14.1. The van der Waals surface area contributed by atoms with Crippen molar-refractivity contribution in [2.75, 3.05) is 44.7 Å². The molecule has 2 aromatic rings. The molecule has 2 saturated heterocycles. The Kier molecular flexibility index (Phi) is 6.84. The summed E-state index contributed by atoms with van der Waals surface area (Å²) in [5.41, 5.74) is 8.39. The van der Waals surface area contributed by atoms with Gasteiger partial charge >= 0.3 is 6.03 Å². The zero-order valence-electron chi connectivity index (χ0n) is 16.9. The number of carbonyl (C=O) groups excluding carboxylic acids is 2. The van der Waals surface area contributed by atoms with Gasteiger partial charge in [0.25, 0.3) is 5.91 Å². The molecule has 8 heteroatoms. The minimum Gasteiger partial charge on any atom is -0.495 e. The number of nitrogens with one attached hydrogen (secondary N) is 1. The number of hydrogen-bond donors (Lipinski definition) is 2. The molecule has 2 aromatic carbocycles. The SMILES string of the molecule is COc1ccc(C(=O)N2C[C@@H](CN)[C@H](c3ccccc3)C2)cc1N1CCNC1=O.Cl. The van der Waals surface area contributed by atoms with Crippen LogP contribution in [0.15, 0.2) is 48.5 Å². The molecule has 0 radical (unpaired) electrons. The van der Waals surface area contributed by atoms with Gasteiger partial charge in [-0.25, -0.2) is 4.79 Å². The Morgan fingerprint density at radius 2 is 1.97 bits per heavy atom. The number of likely N-dealkylation sites (tertiary alicyclic amines) is 1. The molecule has 160 valence electrons. The number of amides is 3. The topological polar surface area (TPSA) is 87.9 Å². The van der Waals surface area contributed by atoms with Crippen molar-refractivity contribution in [2.24, 2.45) is 11.7 Å². The van der Waals surface area contributed by atoms with Crippen LogP contribution in [0.25, 0.3) is 0 Å². The van der Waals surface area contributed by atoms with Crippen LogP contribution in [-0.2, 0) is 0 Å². The van der Waals surface area contributed by atoms with Crippen molar-refractivity contribution in [2.45, 2.75) is 5.92 Å². The van der Waals surface area contributed by atoms with Gasteiger partial charge in [-0.15, -0.1) is 12.4 Å². The highest BCUT2D eigenvalue weighted by atomic mass is 35.5. The van der Waals surface area contributed by atoms with E-state index in [1.54, 1.807) is 30.2 Å². The maximum absolute atomic E-state index is 13.3. The first kappa shape index (κ1) is 21.9. The van der Waals surface area contributed by atoms with Crippen molar-refractivity contribution in [1.29, 1.82) is 0 Å². The summed E-state index contributed by atoms with van der Waals surface area (Å²) in [5.74, 6) is 0.975. The molecular formula is C22H27ClN4O3. The fourth-order valence-corrected chi connectivity index (χ4v) is 4.27. The van der Waals surface area contributed by atoms with E-state index in [-0.39, 0.29) is 36.2 Å². The second-order valence-corrected chi connectivity index (χ2v) is 7.49. The summed E-state index contributed by atoms with van der Waals surface area (Å²) >= 11 is 0. The lowest BCUT2D eigenvalue weighted by Crippen LogP contribution is -2.31. The normalized spacial score (nSPS) is 20.7. The van der Waals surface area contributed by atoms with Crippen molar-refractivity contribution in [3.05, 3.63) is 59.7 Å². The molecule has 2 aliphatic rings. The van der Waals surface area contributed by atoms with Gasteiger partial charge in [0.1, 0.15) is 5.75 Å². The van der Waals surface area contributed by atoms with Crippen molar-refractivity contribution in [3.8, 4) is 5.75 Å². The fourth-order valence-electron chi connectivity index (χ4n) is 4.27. The molecule has 0 spiro atoms. The van der Waals surface area contributed by atoms with E-state index < -0.39 is 0 Å². The first-order valence-corrected chi connectivity index (χ1v) is 9.90. The molecule has 7 nitrogen and oxygen atoms in total. The first-order valence-electron chi connectivity index (χ1n) is 9.90. The lowest BCUT2D eigenvalue weighted by Gasteiger charge is -2.21. The van der Waals surface area contributed by atoms with Gasteiger partial charge in [0.15, 0.2) is 0 Å². The molecule has 0 aliphatic carbocycles. The van der Waals surface area contributed by atoms with Crippen LogP contribution < -0.4 is 20.7 Å². The summed E-state index contributed by atoms with van der Waals surface area (Å²) in [4.78, 5) is 28.8. The third-order valence-electron chi connectivity index (χ3n) is 5.83. The number of nitrogens with zero attached hydrogens (tertiary/aromatic N) is 2. The molecule has 0 unspecified atom stereocenters. The number of carbonyl (C=O) groups is 2. The van der Waals surface area contributed by atoms with Crippen molar-refractivity contribution in [3.63, 3.8) is 0 Å². The third-order valence-corrected chi connectivity index (χ3v) is 5.83. The van der Waals surface area contributed by atoms with Crippen molar-refractivity contribution >= 4 is 30.0 Å². The number of methoxy groups -OCH3 is 1. The Balaban J connectivity index is 0.00000256. The smallest absolute Gasteiger partial charge is 0.322 e. The average molecular weight is 431 g/mol. The minimum absolute atomic E-state index is 0.